The number of halogens is 1. The Morgan fingerprint density at radius 3 is 2.95 bits per heavy atom. The first-order chi connectivity index (χ1) is 10.0. The summed E-state index contributed by atoms with van der Waals surface area (Å²) in [7, 11) is 1.94. The van der Waals surface area contributed by atoms with Gasteiger partial charge in [-0.2, -0.15) is 0 Å². The maximum atomic E-state index is 11.7. The Balaban J connectivity index is 1.99. The molecule has 3 N–H and O–H groups in total. The molecule has 3 aromatic rings. The molecule has 0 bridgehead atoms. The second-order valence-electron chi connectivity index (χ2n) is 4.72. The van der Waals surface area contributed by atoms with E-state index in [-0.39, 0.29) is 5.56 Å². The van der Waals surface area contributed by atoms with E-state index in [4.69, 9.17) is 17.3 Å². The fourth-order valence-corrected chi connectivity index (χ4v) is 3.35. The highest BCUT2D eigenvalue weighted by Gasteiger charge is 2.11. The number of nitrogen functional groups attached to an aromatic ring is 1. The highest BCUT2D eigenvalue weighted by atomic mass is 35.5. The number of hydrogen-bond donors (Lipinski definition) is 2. The molecule has 21 heavy (non-hydrogen) atoms. The summed E-state index contributed by atoms with van der Waals surface area (Å²) < 4.78 is 0.762. The van der Waals surface area contributed by atoms with Gasteiger partial charge in [-0.3, -0.25) is 4.79 Å². The molecule has 0 atom stereocenters. The van der Waals surface area contributed by atoms with E-state index >= 15 is 0 Å². The van der Waals surface area contributed by atoms with E-state index in [0.717, 1.165) is 14.9 Å². The lowest BCUT2D eigenvalue weighted by Gasteiger charge is -2.20. The number of anilines is 2. The maximum absolute atomic E-state index is 11.7. The normalized spacial score (nSPS) is 11.0. The van der Waals surface area contributed by atoms with Crippen LogP contribution in [0.3, 0.4) is 0 Å². The zero-order valence-electron chi connectivity index (χ0n) is 11.3. The third-order valence-electron chi connectivity index (χ3n) is 3.22. The number of aromatic nitrogens is 2. The van der Waals surface area contributed by atoms with Crippen LogP contribution in [0.4, 0.5) is 11.4 Å². The zero-order valence-corrected chi connectivity index (χ0v) is 12.8. The summed E-state index contributed by atoms with van der Waals surface area (Å²) in [5.74, 6) is 0. The Morgan fingerprint density at radius 1 is 1.43 bits per heavy atom. The van der Waals surface area contributed by atoms with Crippen molar-refractivity contribution in [3.8, 4) is 0 Å². The summed E-state index contributed by atoms with van der Waals surface area (Å²) in [6, 6.07) is 7.35. The molecule has 0 saturated carbocycles. The van der Waals surface area contributed by atoms with Crippen molar-refractivity contribution in [1.29, 1.82) is 0 Å². The van der Waals surface area contributed by atoms with Gasteiger partial charge in [0.1, 0.15) is 0 Å². The first kappa shape index (κ1) is 13.9. The van der Waals surface area contributed by atoms with Crippen LogP contribution in [0.1, 0.15) is 4.88 Å². The standard InChI is InChI=1S/C14H13ClN4OS/c1-19(6-8-2-3-13(15)21-8)12-5-11-9(4-10(12)16)14(20)18-7-17-11/h2-5,7H,6,16H2,1H3,(H,17,18,20). The van der Waals surface area contributed by atoms with E-state index in [2.05, 4.69) is 9.97 Å². The fraction of sp³-hybridized carbons (Fsp3) is 0.143. The van der Waals surface area contributed by atoms with Gasteiger partial charge in [0.2, 0.25) is 0 Å². The van der Waals surface area contributed by atoms with Crippen LogP contribution in [0.5, 0.6) is 0 Å². The highest BCUT2D eigenvalue weighted by molar-refractivity contribution is 7.16. The van der Waals surface area contributed by atoms with E-state index in [1.165, 1.54) is 17.7 Å². The Bertz CT molecular complexity index is 858. The minimum absolute atomic E-state index is 0.189. The number of rotatable bonds is 3. The molecular formula is C14H13ClN4OS. The second-order valence-corrected chi connectivity index (χ2v) is 6.52. The Labute approximate surface area is 130 Å². The lowest BCUT2D eigenvalue weighted by atomic mass is 10.2. The van der Waals surface area contributed by atoms with E-state index in [0.29, 0.717) is 23.1 Å². The number of hydrogen-bond acceptors (Lipinski definition) is 5. The molecule has 0 aliphatic rings. The van der Waals surface area contributed by atoms with Crippen LogP contribution in [0.15, 0.2) is 35.4 Å². The molecular weight excluding hydrogens is 308 g/mol. The summed E-state index contributed by atoms with van der Waals surface area (Å²) in [6.07, 6.45) is 1.39. The lowest BCUT2D eigenvalue weighted by Crippen LogP contribution is -2.18. The van der Waals surface area contributed by atoms with Crippen molar-refractivity contribution in [1.82, 2.24) is 9.97 Å². The molecule has 0 spiro atoms. The number of fused-ring (bicyclic) bond motifs is 1. The highest BCUT2D eigenvalue weighted by Crippen LogP contribution is 2.29. The monoisotopic (exact) mass is 320 g/mol. The number of nitrogens with two attached hydrogens (primary N) is 1. The molecule has 0 aliphatic heterocycles. The van der Waals surface area contributed by atoms with Gasteiger partial charge < -0.3 is 15.6 Å². The zero-order chi connectivity index (χ0) is 15.0. The minimum Gasteiger partial charge on any atom is -0.397 e. The van der Waals surface area contributed by atoms with Crippen LogP contribution in [0, 0.1) is 0 Å². The fourth-order valence-electron chi connectivity index (χ4n) is 2.21. The summed E-state index contributed by atoms with van der Waals surface area (Å²) in [5, 5.41) is 0.492. The molecule has 2 heterocycles. The van der Waals surface area contributed by atoms with E-state index in [1.807, 2.05) is 30.1 Å². The number of nitrogens with zero attached hydrogens (tertiary/aromatic N) is 2. The van der Waals surface area contributed by atoms with Crippen LogP contribution >= 0.6 is 22.9 Å². The molecule has 7 heteroatoms. The molecule has 1 aromatic carbocycles. The molecule has 0 saturated heterocycles. The molecule has 3 rings (SSSR count). The van der Waals surface area contributed by atoms with Crippen molar-refractivity contribution in [2.75, 3.05) is 17.7 Å². The predicted octanol–water partition coefficient (Wildman–Crippen LogP) is 2.86. The molecule has 0 aliphatic carbocycles. The van der Waals surface area contributed by atoms with Gasteiger partial charge in [0.25, 0.3) is 5.56 Å². The third-order valence-corrected chi connectivity index (χ3v) is 4.44. The van der Waals surface area contributed by atoms with Crippen LogP contribution in [-0.4, -0.2) is 17.0 Å². The summed E-state index contributed by atoms with van der Waals surface area (Å²) in [6.45, 7) is 0.691. The van der Waals surface area contributed by atoms with Crippen molar-refractivity contribution in [2.24, 2.45) is 0 Å². The van der Waals surface area contributed by atoms with E-state index in [1.54, 1.807) is 6.07 Å². The van der Waals surface area contributed by atoms with Gasteiger partial charge in [-0.1, -0.05) is 11.6 Å². The third kappa shape index (κ3) is 2.72. The molecule has 0 fully saturated rings. The van der Waals surface area contributed by atoms with Crippen molar-refractivity contribution in [2.45, 2.75) is 6.54 Å². The summed E-state index contributed by atoms with van der Waals surface area (Å²) in [5.41, 5.74) is 7.89. The average Bonchev–Trinajstić information content (AvgIpc) is 2.84. The lowest BCUT2D eigenvalue weighted by molar-refractivity contribution is 0.943. The predicted molar refractivity (Wildman–Crippen MR) is 88.2 cm³/mol. The van der Waals surface area contributed by atoms with Gasteiger partial charge >= 0.3 is 0 Å². The van der Waals surface area contributed by atoms with Crippen molar-refractivity contribution in [3.63, 3.8) is 0 Å². The first-order valence-corrected chi connectivity index (χ1v) is 7.46. The smallest absolute Gasteiger partial charge is 0.258 e. The van der Waals surface area contributed by atoms with Crippen LogP contribution in [-0.2, 0) is 6.54 Å². The Morgan fingerprint density at radius 2 is 2.24 bits per heavy atom. The molecule has 0 amide bonds. The quantitative estimate of drug-likeness (QED) is 0.728. The van der Waals surface area contributed by atoms with E-state index < -0.39 is 0 Å². The maximum Gasteiger partial charge on any atom is 0.258 e. The largest absolute Gasteiger partial charge is 0.397 e. The Hall–Kier alpha value is -2.05. The van der Waals surface area contributed by atoms with Crippen molar-refractivity contribution < 1.29 is 0 Å². The van der Waals surface area contributed by atoms with Crippen LogP contribution < -0.4 is 16.2 Å². The minimum atomic E-state index is -0.189. The molecule has 0 unspecified atom stereocenters. The first-order valence-electron chi connectivity index (χ1n) is 6.27. The van der Waals surface area contributed by atoms with E-state index in [9.17, 15) is 4.79 Å². The molecule has 0 radical (unpaired) electrons. The van der Waals surface area contributed by atoms with Gasteiger partial charge in [0, 0.05) is 11.9 Å². The van der Waals surface area contributed by atoms with Gasteiger partial charge in [0.05, 0.1) is 39.5 Å². The van der Waals surface area contributed by atoms with Gasteiger partial charge in [0.15, 0.2) is 0 Å². The Kier molecular flexibility index (Phi) is 3.57. The number of thiophene rings is 1. The van der Waals surface area contributed by atoms with Crippen molar-refractivity contribution in [3.05, 3.63) is 50.2 Å². The number of nitrogens with one attached hydrogen (secondary N) is 1. The topological polar surface area (TPSA) is 75.0 Å². The number of benzene rings is 1. The summed E-state index contributed by atoms with van der Waals surface area (Å²) >= 11 is 7.48. The second kappa shape index (κ2) is 5.38. The van der Waals surface area contributed by atoms with Crippen LogP contribution in [0.2, 0.25) is 4.34 Å². The van der Waals surface area contributed by atoms with Gasteiger partial charge in [-0.15, -0.1) is 11.3 Å². The van der Waals surface area contributed by atoms with Gasteiger partial charge in [-0.25, -0.2) is 4.98 Å². The molecule has 108 valence electrons. The number of H-pyrrole nitrogens is 1. The van der Waals surface area contributed by atoms with Crippen LogP contribution in [0.25, 0.3) is 10.9 Å². The SMILES string of the molecule is CN(Cc1ccc(Cl)s1)c1cc2nc[nH]c(=O)c2cc1N. The van der Waals surface area contributed by atoms with Crippen molar-refractivity contribution >= 4 is 45.2 Å². The average molecular weight is 321 g/mol. The number of aromatic amines is 1. The van der Waals surface area contributed by atoms with Gasteiger partial charge in [-0.05, 0) is 24.3 Å². The summed E-state index contributed by atoms with van der Waals surface area (Å²) in [4.78, 5) is 21.6. The molecule has 2 aromatic heterocycles. The molecule has 5 nitrogen and oxygen atoms in total.